The van der Waals surface area contributed by atoms with Crippen molar-refractivity contribution in [3.05, 3.63) is 60.0 Å². The molecule has 0 spiro atoms. The summed E-state index contributed by atoms with van der Waals surface area (Å²) in [5.41, 5.74) is 1.72. The number of ether oxygens (including phenoxy) is 1. The van der Waals surface area contributed by atoms with E-state index in [1.54, 1.807) is 14.0 Å². The van der Waals surface area contributed by atoms with Gasteiger partial charge in [-0.05, 0) is 25.1 Å². The molecule has 1 atom stereocenters. The number of nitrogens with zero attached hydrogens (tertiary/aromatic N) is 1. The minimum Gasteiger partial charge on any atom is -0.497 e. The first-order valence-corrected chi connectivity index (χ1v) is 7.53. The standard InChI is InChI=1S/C19H19NO3/c1-13(21)12-20-17-11-19(14-6-4-3-5-7-14)23-18-9-8-15(22-2)10-16(17)18/h3-11,13,21H,12H2,1-2H3/t13-/m0/s1. The lowest BCUT2D eigenvalue weighted by molar-refractivity contribution is 0.203. The number of aliphatic hydroxyl groups excluding tert-OH is 1. The fourth-order valence-corrected chi connectivity index (χ4v) is 2.38. The quantitative estimate of drug-likeness (QED) is 0.803. The summed E-state index contributed by atoms with van der Waals surface area (Å²) in [7, 11) is 1.63. The zero-order valence-corrected chi connectivity index (χ0v) is 13.2. The molecular formula is C19H19NO3. The van der Waals surface area contributed by atoms with Gasteiger partial charge >= 0.3 is 0 Å². The summed E-state index contributed by atoms with van der Waals surface area (Å²) in [6.45, 7) is 2.06. The van der Waals surface area contributed by atoms with Crippen LogP contribution in [-0.4, -0.2) is 24.9 Å². The number of methoxy groups -OCH3 is 1. The number of hydrogen-bond acceptors (Lipinski definition) is 4. The Bertz CT molecular complexity index is 867. The molecule has 0 unspecified atom stereocenters. The maximum atomic E-state index is 9.53. The van der Waals surface area contributed by atoms with E-state index in [-0.39, 0.29) is 0 Å². The lowest BCUT2D eigenvalue weighted by Gasteiger charge is -2.07. The van der Waals surface area contributed by atoms with Crippen LogP contribution in [0.2, 0.25) is 0 Å². The predicted molar refractivity (Wildman–Crippen MR) is 90.3 cm³/mol. The number of rotatable bonds is 4. The van der Waals surface area contributed by atoms with E-state index in [2.05, 4.69) is 4.99 Å². The van der Waals surface area contributed by atoms with Gasteiger partial charge in [-0.2, -0.15) is 0 Å². The third kappa shape index (κ3) is 3.43. The number of fused-ring (bicyclic) bond motifs is 1. The molecule has 0 aliphatic carbocycles. The van der Waals surface area contributed by atoms with E-state index in [4.69, 9.17) is 9.15 Å². The van der Waals surface area contributed by atoms with Crippen LogP contribution in [0.15, 0.2) is 64.0 Å². The molecule has 0 fully saturated rings. The zero-order chi connectivity index (χ0) is 16.2. The van der Waals surface area contributed by atoms with Crippen LogP contribution in [0.25, 0.3) is 22.3 Å². The molecule has 0 bridgehead atoms. The Hall–Kier alpha value is -2.59. The van der Waals surface area contributed by atoms with Crippen molar-refractivity contribution in [1.29, 1.82) is 0 Å². The third-order valence-corrected chi connectivity index (χ3v) is 3.53. The maximum absolute atomic E-state index is 9.53. The fourth-order valence-electron chi connectivity index (χ4n) is 2.38. The zero-order valence-electron chi connectivity index (χ0n) is 13.2. The van der Waals surface area contributed by atoms with Gasteiger partial charge in [-0.15, -0.1) is 0 Å². The minimum atomic E-state index is -0.493. The molecule has 118 valence electrons. The molecule has 0 aliphatic heterocycles. The second kappa shape index (κ2) is 6.67. The number of aliphatic hydroxyl groups is 1. The Morgan fingerprint density at radius 2 is 1.91 bits per heavy atom. The Kier molecular flexibility index (Phi) is 4.44. The molecule has 4 nitrogen and oxygen atoms in total. The van der Waals surface area contributed by atoms with Crippen LogP contribution in [0.1, 0.15) is 6.92 Å². The second-order valence-corrected chi connectivity index (χ2v) is 5.41. The lowest BCUT2D eigenvalue weighted by Crippen LogP contribution is -2.11. The average Bonchev–Trinajstić information content (AvgIpc) is 2.59. The first-order valence-electron chi connectivity index (χ1n) is 7.53. The molecule has 2 aromatic carbocycles. The molecular weight excluding hydrogens is 290 g/mol. The highest BCUT2D eigenvalue weighted by Gasteiger charge is 2.07. The van der Waals surface area contributed by atoms with E-state index in [1.807, 2.05) is 54.6 Å². The number of hydrogen-bond donors (Lipinski definition) is 1. The van der Waals surface area contributed by atoms with E-state index in [9.17, 15) is 5.11 Å². The van der Waals surface area contributed by atoms with Crippen molar-refractivity contribution in [1.82, 2.24) is 0 Å². The Morgan fingerprint density at radius 3 is 2.61 bits per heavy atom. The van der Waals surface area contributed by atoms with E-state index in [0.717, 1.165) is 33.4 Å². The van der Waals surface area contributed by atoms with Crippen LogP contribution in [0, 0.1) is 0 Å². The topological polar surface area (TPSA) is 55.0 Å². The summed E-state index contributed by atoms with van der Waals surface area (Å²) >= 11 is 0. The van der Waals surface area contributed by atoms with Gasteiger partial charge in [0.15, 0.2) is 0 Å². The van der Waals surface area contributed by atoms with Gasteiger partial charge < -0.3 is 14.3 Å². The number of benzene rings is 2. The van der Waals surface area contributed by atoms with Crippen molar-refractivity contribution in [3.8, 4) is 17.1 Å². The van der Waals surface area contributed by atoms with Gasteiger partial charge in [0.25, 0.3) is 0 Å². The van der Waals surface area contributed by atoms with Crippen molar-refractivity contribution in [2.24, 2.45) is 4.99 Å². The molecule has 23 heavy (non-hydrogen) atoms. The van der Waals surface area contributed by atoms with Crippen LogP contribution in [0.5, 0.6) is 5.75 Å². The van der Waals surface area contributed by atoms with Gasteiger partial charge in [0.05, 0.1) is 25.1 Å². The molecule has 1 heterocycles. The summed E-state index contributed by atoms with van der Waals surface area (Å²) < 4.78 is 11.3. The van der Waals surface area contributed by atoms with Crippen molar-refractivity contribution in [2.45, 2.75) is 13.0 Å². The summed E-state index contributed by atoms with van der Waals surface area (Å²) in [6.07, 6.45) is -0.493. The van der Waals surface area contributed by atoms with Gasteiger partial charge in [0, 0.05) is 17.0 Å². The SMILES string of the molecule is COc1ccc2oc(-c3ccccc3)cc(=NC[C@H](C)O)c2c1. The minimum absolute atomic E-state index is 0.338. The molecule has 1 aromatic heterocycles. The van der Waals surface area contributed by atoms with Gasteiger partial charge in [-0.1, -0.05) is 30.3 Å². The normalized spacial score (nSPS) is 13.3. The summed E-state index contributed by atoms with van der Waals surface area (Å²) in [4.78, 5) is 4.53. The van der Waals surface area contributed by atoms with Crippen LogP contribution in [-0.2, 0) is 0 Å². The van der Waals surface area contributed by atoms with E-state index >= 15 is 0 Å². The molecule has 3 aromatic rings. The van der Waals surface area contributed by atoms with E-state index < -0.39 is 6.10 Å². The molecule has 0 radical (unpaired) electrons. The molecule has 0 amide bonds. The van der Waals surface area contributed by atoms with Crippen LogP contribution in [0.4, 0.5) is 0 Å². The molecule has 1 N–H and O–H groups in total. The van der Waals surface area contributed by atoms with Crippen molar-refractivity contribution in [2.75, 3.05) is 13.7 Å². The van der Waals surface area contributed by atoms with Gasteiger partial charge in [-0.3, -0.25) is 4.99 Å². The van der Waals surface area contributed by atoms with Crippen molar-refractivity contribution >= 4 is 11.0 Å². The molecule has 3 rings (SSSR count). The Balaban J connectivity index is 2.24. The predicted octanol–water partition coefficient (Wildman–Crippen LogP) is 3.39. The smallest absolute Gasteiger partial charge is 0.137 e. The highest BCUT2D eigenvalue weighted by atomic mass is 16.5. The third-order valence-electron chi connectivity index (χ3n) is 3.53. The molecule has 0 saturated carbocycles. The summed E-state index contributed by atoms with van der Waals surface area (Å²) in [6, 6.07) is 17.4. The fraction of sp³-hybridized carbons (Fsp3) is 0.211. The summed E-state index contributed by atoms with van der Waals surface area (Å²) in [5, 5.41) is 11.2. The van der Waals surface area contributed by atoms with E-state index in [0.29, 0.717) is 6.54 Å². The van der Waals surface area contributed by atoms with Gasteiger partial charge in [-0.25, -0.2) is 0 Å². The van der Waals surface area contributed by atoms with Crippen LogP contribution in [0.3, 0.4) is 0 Å². The molecule has 0 aliphatic rings. The van der Waals surface area contributed by atoms with Crippen LogP contribution >= 0.6 is 0 Å². The first kappa shape index (κ1) is 15.3. The van der Waals surface area contributed by atoms with Crippen LogP contribution < -0.4 is 10.1 Å². The monoisotopic (exact) mass is 309 g/mol. The average molecular weight is 309 g/mol. The van der Waals surface area contributed by atoms with Gasteiger partial charge in [0.1, 0.15) is 17.1 Å². The maximum Gasteiger partial charge on any atom is 0.137 e. The summed E-state index contributed by atoms with van der Waals surface area (Å²) in [5.74, 6) is 1.49. The first-order chi connectivity index (χ1) is 11.2. The highest BCUT2D eigenvalue weighted by Crippen LogP contribution is 2.24. The van der Waals surface area contributed by atoms with E-state index in [1.165, 1.54) is 0 Å². The van der Waals surface area contributed by atoms with Gasteiger partial charge in [0.2, 0.25) is 0 Å². The lowest BCUT2D eigenvalue weighted by atomic mass is 10.1. The van der Waals surface area contributed by atoms with Crippen molar-refractivity contribution < 1.29 is 14.3 Å². The largest absolute Gasteiger partial charge is 0.497 e. The Labute approximate surface area is 134 Å². The highest BCUT2D eigenvalue weighted by molar-refractivity contribution is 5.80. The van der Waals surface area contributed by atoms with Crippen molar-refractivity contribution in [3.63, 3.8) is 0 Å². The molecule has 0 saturated heterocycles. The molecule has 4 heteroatoms. The second-order valence-electron chi connectivity index (χ2n) is 5.41. The Morgan fingerprint density at radius 1 is 1.13 bits per heavy atom.